The number of nitrogen functional groups attached to an aromatic ring is 1. The topological polar surface area (TPSA) is 64.3 Å². The number of carbonyl (C=O) groups excluding carboxylic acids is 1. The molecule has 0 aromatic heterocycles. The highest BCUT2D eigenvalue weighted by Gasteiger charge is 2.10. The number of nitrogens with two attached hydrogens (primary N) is 1. The van der Waals surface area contributed by atoms with Gasteiger partial charge in [-0.05, 0) is 30.7 Å². The molecule has 0 aliphatic carbocycles. The highest BCUT2D eigenvalue weighted by molar-refractivity contribution is 5.92. The summed E-state index contributed by atoms with van der Waals surface area (Å²) >= 11 is 0. The normalized spacial score (nSPS) is 10.1. The third-order valence-corrected chi connectivity index (χ3v) is 2.76. The van der Waals surface area contributed by atoms with E-state index in [0.29, 0.717) is 17.0 Å². The van der Waals surface area contributed by atoms with Crippen molar-refractivity contribution in [3.8, 4) is 5.75 Å². The van der Waals surface area contributed by atoms with E-state index in [1.807, 2.05) is 0 Å². The molecule has 5 heteroatoms. The van der Waals surface area contributed by atoms with Gasteiger partial charge in [0.1, 0.15) is 11.6 Å². The van der Waals surface area contributed by atoms with Crippen molar-refractivity contribution in [1.29, 1.82) is 0 Å². The first-order valence-corrected chi connectivity index (χ1v) is 6.10. The van der Waals surface area contributed by atoms with E-state index in [2.05, 4.69) is 5.32 Å². The van der Waals surface area contributed by atoms with Crippen LogP contribution in [0.15, 0.2) is 42.5 Å². The number of aryl methyl sites for hydroxylation is 1. The monoisotopic (exact) mass is 274 g/mol. The molecule has 0 spiro atoms. The number of para-hydroxylation sites is 3. The van der Waals surface area contributed by atoms with Crippen molar-refractivity contribution in [2.24, 2.45) is 0 Å². The van der Waals surface area contributed by atoms with Gasteiger partial charge in [-0.3, -0.25) is 4.79 Å². The number of halogens is 1. The summed E-state index contributed by atoms with van der Waals surface area (Å²) < 4.78 is 18.9. The molecule has 0 atom stereocenters. The fourth-order valence-corrected chi connectivity index (χ4v) is 1.72. The predicted octanol–water partition coefficient (Wildman–Crippen LogP) is 2.73. The summed E-state index contributed by atoms with van der Waals surface area (Å²) in [5.41, 5.74) is 6.96. The van der Waals surface area contributed by atoms with Crippen LogP contribution in [0.2, 0.25) is 0 Å². The van der Waals surface area contributed by atoms with Crippen LogP contribution in [0.4, 0.5) is 15.8 Å². The van der Waals surface area contributed by atoms with Crippen molar-refractivity contribution < 1.29 is 13.9 Å². The van der Waals surface area contributed by atoms with E-state index in [1.54, 1.807) is 43.3 Å². The second kappa shape index (κ2) is 6.06. The van der Waals surface area contributed by atoms with Crippen LogP contribution in [0.25, 0.3) is 0 Å². The predicted molar refractivity (Wildman–Crippen MR) is 76.1 cm³/mol. The van der Waals surface area contributed by atoms with Crippen LogP contribution in [-0.4, -0.2) is 12.5 Å². The maximum atomic E-state index is 13.6. The number of rotatable bonds is 4. The molecule has 104 valence electrons. The van der Waals surface area contributed by atoms with Gasteiger partial charge in [-0.2, -0.15) is 0 Å². The Balaban J connectivity index is 1.98. The first-order valence-electron chi connectivity index (χ1n) is 6.10. The van der Waals surface area contributed by atoms with E-state index < -0.39 is 11.7 Å². The highest BCUT2D eigenvalue weighted by atomic mass is 19.1. The minimum Gasteiger partial charge on any atom is -0.482 e. The average Bonchev–Trinajstić information content (AvgIpc) is 2.42. The van der Waals surface area contributed by atoms with Crippen molar-refractivity contribution in [1.82, 2.24) is 0 Å². The van der Waals surface area contributed by atoms with Crippen LogP contribution in [0.5, 0.6) is 5.75 Å². The second-order valence-corrected chi connectivity index (χ2v) is 4.31. The van der Waals surface area contributed by atoms with Crippen LogP contribution in [0.3, 0.4) is 0 Å². The quantitative estimate of drug-likeness (QED) is 0.842. The molecule has 3 N–H and O–H groups in total. The van der Waals surface area contributed by atoms with Crippen molar-refractivity contribution in [3.05, 3.63) is 53.8 Å². The molecular formula is C15H15FN2O2. The Morgan fingerprint density at radius 1 is 1.25 bits per heavy atom. The third-order valence-electron chi connectivity index (χ3n) is 2.76. The molecule has 20 heavy (non-hydrogen) atoms. The summed E-state index contributed by atoms with van der Waals surface area (Å²) in [6, 6.07) is 11.5. The summed E-state index contributed by atoms with van der Waals surface area (Å²) in [5, 5.41) is 2.49. The number of benzene rings is 2. The number of anilines is 2. The fraction of sp³-hybridized carbons (Fsp3) is 0.133. The van der Waals surface area contributed by atoms with Crippen molar-refractivity contribution >= 4 is 17.3 Å². The molecule has 2 rings (SSSR count). The molecule has 0 bridgehead atoms. The Kier molecular flexibility index (Phi) is 4.20. The van der Waals surface area contributed by atoms with E-state index in [1.165, 1.54) is 6.07 Å². The number of amides is 1. The smallest absolute Gasteiger partial charge is 0.262 e. The maximum absolute atomic E-state index is 13.6. The summed E-state index contributed by atoms with van der Waals surface area (Å²) in [6.07, 6.45) is 0. The largest absolute Gasteiger partial charge is 0.482 e. The molecule has 4 nitrogen and oxygen atoms in total. The number of nitrogens with one attached hydrogen (secondary N) is 1. The molecule has 0 aliphatic heterocycles. The lowest BCUT2D eigenvalue weighted by Crippen LogP contribution is -2.21. The molecule has 0 saturated carbocycles. The van der Waals surface area contributed by atoms with Gasteiger partial charge in [-0.15, -0.1) is 0 Å². The lowest BCUT2D eigenvalue weighted by molar-refractivity contribution is -0.118. The van der Waals surface area contributed by atoms with E-state index in [-0.39, 0.29) is 12.3 Å². The fourth-order valence-electron chi connectivity index (χ4n) is 1.72. The molecule has 2 aromatic carbocycles. The lowest BCUT2D eigenvalue weighted by Gasteiger charge is -2.11. The standard InChI is InChI=1S/C15H15FN2O2/c1-10-5-4-6-11(16)15(10)18-14(19)9-20-13-8-3-2-7-12(13)17/h2-8H,9,17H2,1H3,(H,18,19). The Bertz CT molecular complexity index is 609. The zero-order chi connectivity index (χ0) is 14.5. The van der Waals surface area contributed by atoms with Gasteiger partial charge in [0.25, 0.3) is 5.91 Å². The molecule has 2 aromatic rings. The second-order valence-electron chi connectivity index (χ2n) is 4.31. The van der Waals surface area contributed by atoms with E-state index in [4.69, 9.17) is 10.5 Å². The van der Waals surface area contributed by atoms with Gasteiger partial charge in [0.2, 0.25) is 0 Å². The lowest BCUT2D eigenvalue weighted by atomic mass is 10.2. The molecule has 0 fully saturated rings. The molecule has 0 radical (unpaired) electrons. The summed E-state index contributed by atoms with van der Waals surface area (Å²) in [4.78, 5) is 11.8. The average molecular weight is 274 g/mol. The Labute approximate surface area is 116 Å². The third kappa shape index (κ3) is 3.26. The van der Waals surface area contributed by atoms with Gasteiger partial charge < -0.3 is 15.8 Å². The van der Waals surface area contributed by atoms with Gasteiger partial charge in [-0.25, -0.2) is 4.39 Å². The van der Waals surface area contributed by atoms with Crippen LogP contribution in [0, 0.1) is 12.7 Å². The first kappa shape index (κ1) is 13.9. The van der Waals surface area contributed by atoms with Gasteiger partial charge in [0.05, 0.1) is 11.4 Å². The van der Waals surface area contributed by atoms with Crippen molar-refractivity contribution in [2.75, 3.05) is 17.7 Å². The van der Waals surface area contributed by atoms with Gasteiger partial charge in [-0.1, -0.05) is 24.3 Å². The first-order chi connectivity index (χ1) is 9.58. The Hall–Kier alpha value is -2.56. The molecular weight excluding hydrogens is 259 g/mol. The van der Waals surface area contributed by atoms with Gasteiger partial charge in [0.15, 0.2) is 6.61 Å². The summed E-state index contributed by atoms with van der Waals surface area (Å²) in [5.74, 6) is -0.494. The SMILES string of the molecule is Cc1cccc(F)c1NC(=O)COc1ccccc1N. The van der Waals surface area contributed by atoms with E-state index >= 15 is 0 Å². The molecule has 0 saturated heterocycles. The molecule has 0 heterocycles. The number of hydrogen-bond donors (Lipinski definition) is 2. The zero-order valence-electron chi connectivity index (χ0n) is 11.0. The molecule has 0 unspecified atom stereocenters. The van der Waals surface area contributed by atoms with Crippen molar-refractivity contribution in [2.45, 2.75) is 6.92 Å². The van der Waals surface area contributed by atoms with Crippen molar-refractivity contribution in [3.63, 3.8) is 0 Å². The van der Waals surface area contributed by atoms with E-state index in [0.717, 1.165) is 0 Å². The minimum atomic E-state index is -0.474. The van der Waals surface area contributed by atoms with Crippen LogP contribution in [0.1, 0.15) is 5.56 Å². The zero-order valence-corrected chi connectivity index (χ0v) is 11.0. The maximum Gasteiger partial charge on any atom is 0.262 e. The Morgan fingerprint density at radius 3 is 2.70 bits per heavy atom. The number of ether oxygens (including phenoxy) is 1. The van der Waals surface area contributed by atoms with Gasteiger partial charge >= 0.3 is 0 Å². The van der Waals surface area contributed by atoms with Crippen LogP contribution < -0.4 is 15.8 Å². The number of hydrogen-bond acceptors (Lipinski definition) is 3. The minimum absolute atomic E-state index is 0.169. The summed E-state index contributed by atoms with van der Waals surface area (Å²) in [6.45, 7) is 1.48. The summed E-state index contributed by atoms with van der Waals surface area (Å²) in [7, 11) is 0. The van der Waals surface area contributed by atoms with Crippen LogP contribution in [-0.2, 0) is 4.79 Å². The number of carbonyl (C=O) groups is 1. The van der Waals surface area contributed by atoms with E-state index in [9.17, 15) is 9.18 Å². The highest BCUT2D eigenvalue weighted by Crippen LogP contribution is 2.21. The van der Waals surface area contributed by atoms with Gasteiger partial charge in [0, 0.05) is 0 Å². The molecule has 0 aliphatic rings. The Morgan fingerprint density at radius 2 is 2.00 bits per heavy atom. The van der Waals surface area contributed by atoms with Crippen LogP contribution >= 0.6 is 0 Å². The molecule has 1 amide bonds.